The van der Waals surface area contributed by atoms with E-state index in [0.717, 1.165) is 22.3 Å². The summed E-state index contributed by atoms with van der Waals surface area (Å²) in [5.74, 6) is -0.222. The number of carbonyl (C=O) groups excluding carboxylic acids is 2. The molecule has 0 aliphatic heterocycles. The first-order chi connectivity index (χ1) is 11.7. The lowest BCUT2D eigenvalue weighted by molar-refractivity contribution is -0.107. The molecule has 2 heterocycles. The van der Waals surface area contributed by atoms with Crippen LogP contribution in [0, 0.1) is 0 Å². The summed E-state index contributed by atoms with van der Waals surface area (Å²) in [4.78, 5) is 28.8. The maximum absolute atomic E-state index is 12.4. The monoisotopic (exact) mass is 356 g/mol. The molecule has 0 unspecified atom stereocenters. The Morgan fingerprint density at radius 2 is 2.04 bits per heavy atom. The maximum Gasteiger partial charge on any atom is 0.265 e. The summed E-state index contributed by atoms with van der Waals surface area (Å²) in [5, 5.41) is 3.44. The first-order valence-electron chi connectivity index (χ1n) is 7.21. The van der Waals surface area contributed by atoms with Gasteiger partial charge in [0.05, 0.1) is 16.8 Å². The van der Waals surface area contributed by atoms with Gasteiger partial charge in [0.2, 0.25) is 0 Å². The molecule has 0 aliphatic rings. The van der Waals surface area contributed by atoms with E-state index in [-0.39, 0.29) is 12.3 Å². The van der Waals surface area contributed by atoms with Gasteiger partial charge in [0.25, 0.3) is 5.91 Å². The summed E-state index contributed by atoms with van der Waals surface area (Å²) in [6.07, 6.45) is 4.32. The molecule has 0 saturated carbocycles. The molecule has 0 bridgehead atoms. The summed E-state index contributed by atoms with van der Waals surface area (Å²) in [5.41, 5.74) is 2.39. The standard InChI is InChI=1S/C18H13ClN2O2S/c19-14-5-3-12(4-6-14)17-13(7-9-22)10-16(24-17)18(23)21-15-2-1-8-20-11-15/h1-6,8-11H,7H2,(H,21,23). The van der Waals surface area contributed by atoms with Gasteiger partial charge in [-0.25, -0.2) is 0 Å². The van der Waals surface area contributed by atoms with E-state index >= 15 is 0 Å². The molecule has 6 heteroatoms. The second-order valence-corrected chi connectivity index (χ2v) is 6.53. The number of nitrogens with zero attached hydrogens (tertiary/aromatic N) is 1. The molecule has 3 aromatic rings. The third-order valence-electron chi connectivity index (χ3n) is 3.36. The Balaban J connectivity index is 1.92. The molecular weight excluding hydrogens is 344 g/mol. The molecule has 0 atom stereocenters. The minimum absolute atomic E-state index is 0.222. The van der Waals surface area contributed by atoms with Crippen LogP contribution in [-0.2, 0) is 11.2 Å². The van der Waals surface area contributed by atoms with Gasteiger partial charge in [-0.1, -0.05) is 23.7 Å². The van der Waals surface area contributed by atoms with Crippen LogP contribution in [0.4, 0.5) is 5.69 Å². The number of nitrogens with one attached hydrogen (secondary N) is 1. The van der Waals surface area contributed by atoms with E-state index in [1.165, 1.54) is 11.3 Å². The predicted molar refractivity (Wildman–Crippen MR) is 96.7 cm³/mol. The molecule has 4 nitrogen and oxygen atoms in total. The molecule has 0 saturated heterocycles. The van der Waals surface area contributed by atoms with Gasteiger partial charge in [-0.05, 0) is 41.5 Å². The fourth-order valence-corrected chi connectivity index (χ4v) is 3.48. The molecule has 0 aliphatic carbocycles. The van der Waals surface area contributed by atoms with E-state index in [2.05, 4.69) is 10.3 Å². The maximum atomic E-state index is 12.4. The van der Waals surface area contributed by atoms with Crippen molar-refractivity contribution < 1.29 is 9.59 Å². The zero-order valence-electron chi connectivity index (χ0n) is 12.5. The Labute approximate surface area is 148 Å². The number of carbonyl (C=O) groups is 2. The molecule has 1 amide bonds. The van der Waals surface area contributed by atoms with Crippen LogP contribution in [0.15, 0.2) is 54.9 Å². The van der Waals surface area contributed by atoms with Crippen LogP contribution in [0.25, 0.3) is 10.4 Å². The lowest BCUT2D eigenvalue weighted by atomic mass is 10.1. The van der Waals surface area contributed by atoms with Gasteiger partial charge in [0, 0.05) is 22.5 Å². The second kappa shape index (κ2) is 7.38. The number of halogens is 1. The average molecular weight is 357 g/mol. The molecule has 1 N–H and O–H groups in total. The Hall–Kier alpha value is -2.50. The van der Waals surface area contributed by atoms with Gasteiger partial charge in [0.1, 0.15) is 6.29 Å². The first kappa shape index (κ1) is 16.4. The zero-order chi connectivity index (χ0) is 16.9. The number of anilines is 1. The molecule has 3 rings (SSSR count). The SMILES string of the molecule is O=CCc1cc(C(=O)Nc2cccnc2)sc1-c1ccc(Cl)cc1. The van der Waals surface area contributed by atoms with Crippen LogP contribution in [0.3, 0.4) is 0 Å². The number of rotatable bonds is 5. The van der Waals surface area contributed by atoms with Crippen LogP contribution in [0.5, 0.6) is 0 Å². The third-order valence-corrected chi connectivity index (χ3v) is 4.84. The number of hydrogen-bond donors (Lipinski definition) is 1. The van der Waals surface area contributed by atoms with Crippen molar-refractivity contribution in [2.24, 2.45) is 0 Å². The van der Waals surface area contributed by atoms with Gasteiger partial charge in [-0.15, -0.1) is 11.3 Å². The fraction of sp³-hybridized carbons (Fsp3) is 0.0556. The number of thiophene rings is 1. The molecule has 0 fully saturated rings. The predicted octanol–water partition coefficient (Wildman–Crippen LogP) is 4.46. The number of benzene rings is 1. The Morgan fingerprint density at radius 3 is 2.71 bits per heavy atom. The Kier molecular flexibility index (Phi) is 5.03. The lowest BCUT2D eigenvalue weighted by Gasteiger charge is -2.02. The minimum Gasteiger partial charge on any atom is -0.320 e. The highest BCUT2D eigenvalue weighted by Gasteiger charge is 2.16. The summed E-state index contributed by atoms with van der Waals surface area (Å²) in [7, 11) is 0. The number of amides is 1. The van der Waals surface area contributed by atoms with Gasteiger partial charge < -0.3 is 10.1 Å². The van der Waals surface area contributed by atoms with E-state index < -0.39 is 0 Å². The van der Waals surface area contributed by atoms with Gasteiger partial charge in [-0.2, -0.15) is 0 Å². The Morgan fingerprint density at radius 1 is 1.25 bits per heavy atom. The smallest absolute Gasteiger partial charge is 0.265 e. The van der Waals surface area contributed by atoms with Crippen molar-refractivity contribution in [1.29, 1.82) is 0 Å². The Bertz CT molecular complexity index is 860. The minimum atomic E-state index is -0.222. The van der Waals surface area contributed by atoms with Crippen molar-refractivity contribution >= 4 is 40.8 Å². The van der Waals surface area contributed by atoms with Crippen LogP contribution in [0.2, 0.25) is 5.02 Å². The van der Waals surface area contributed by atoms with E-state index in [9.17, 15) is 9.59 Å². The first-order valence-corrected chi connectivity index (χ1v) is 8.40. The van der Waals surface area contributed by atoms with Crippen molar-refractivity contribution in [2.75, 3.05) is 5.32 Å². The van der Waals surface area contributed by atoms with Gasteiger partial charge in [-0.3, -0.25) is 9.78 Å². The molecule has 24 heavy (non-hydrogen) atoms. The van der Waals surface area contributed by atoms with Crippen LogP contribution >= 0.6 is 22.9 Å². The number of hydrogen-bond acceptors (Lipinski definition) is 4. The number of aldehydes is 1. The number of aromatic nitrogens is 1. The van der Waals surface area contributed by atoms with Crippen LogP contribution in [-0.4, -0.2) is 17.2 Å². The van der Waals surface area contributed by atoms with Crippen LogP contribution in [0.1, 0.15) is 15.2 Å². The van der Waals surface area contributed by atoms with E-state index in [1.807, 2.05) is 12.1 Å². The highest BCUT2D eigenvalue weighted by atomic mass is 35.5. The van der Waals surface area contributed by atoms with Crippen molar-refractivity contribution in [2.45, 2.75) is 6.42 Å². The quantitative estimate of drug-likeness (QED) is 0.687. The average Bonchev–Trinajstić information content (AvgIpc) is 3.01. The largest absolute Gasteiger partial charge is 0.320 e. The number of pyridine rings is 1. The molecular formula is C18H13ClN2O2S. The highest BCUT2D eigenvalue weighted by Crippen LogP contribution is 2.34. The topological polar surface area (TPSA) is 59.1 Å². The molecule has 1 aromatic carbocycles. The normalized spacial score (nSPS) is 10.4. The molecule has 0 spiro atoms. The van der Waals surface area contributed by atoms with Gasteiger partial charge >= 0.3 is 0 Å². The van der Waals surface area contributed by atoms with Crippen molar-refractivity contribution in [3.8, 4) is 10.4 Å². The highest BCUT2D eigenvalue weighted by molar-refractivity contribution is 7.17. The molecule has 120 valence electrons. The summed E-state index contributed by atoms with van der Waals surface area (Å²) >= 11 is 7.27. The summed E-state index contributed by atoms with van der Waals surface area (Å²) in [6, 6.07) is 12.6. The van der Waals surface area contributed by atoms with E-state index in [4.69, 9.17) is 11.6 Å². The fourth-order valence-electron chi connectivity index (χ4n) is 2.26. The second-order valence-electron chi connectivity index (χ2n) is 5.04. The van der Waals surface area contributed by atoms with Crippen molar-refractivity contribution in [3.05, 3.63) is 70.3 Å². The molecule has 2 aromatic heterocycles. The van der Waals surface area contributed by atoms with E-state index in [0.29, 0.717) is 15.6 Å². The summed E-state index contributed by atoms with van der Waals surface area (Å²) in [6.45, 7) is 0. The van der Waals surface area contributed by atoms with Crippen molar-refractivity contribution in [3.63, 3.8) is 0 Å². The van der Waals surface area contributed by atoms with Gasteiger partial charge in [0.15, 0.2) is 0 Å². The van der Waals surface area contributed by atoms with Crippen molar-refractivity contribution in [1.82, 2.24) is 4.98 Å². The molecule has 0 radical (unpaired) electrons. The third kappa shape index (κ3) is 3.69. The zero-order valence-corrected chi connectivity index (χ0v) is 14.1. The van der Waals surface area contributed by atoms with Crippen LogP contribution < -0.4 is 5.32 Å². The summed E-state index contributed by atoms with van der Waals surface area (Å²) < 4.78 is 0. The lowest BCUT2D eigenvalue weighted by Crippen LogP contribution is -2.10. The van der Waals surface area contributed by atoms with E-state index in [1.54, 1.807) is 42.7 Å².